The Labute approximate surface area is 139 Å². The predicted molar refractivity (Wildman–Crippen MR) is 84.8 cm³/mol. The van der Waals surface area contributed by atoms with Gasteiger partial charge in [-0.3, -0.25) is 9.89 Å². The summed E-state index contributed by atoms with van der Waals surface area (Å²) in [6, 6.07) is -1.42. The maximum atomic E-state index is 12.8. The number of halogens is 3. The first-order valence-corrected chi connectivity index (χ1v) is 7.92. The third-order valence-corrected chi connectivity index (χ3v) is 4.45. The number of aromatic nitrogens is 1. The third-order valence-electron chi connectivity index (χ3n) is 4.45. The Morgan fingerprint density at radius 1 is 1.29 bits per heavy atom. The second-order valence-corrected chi connectivity index (χ2v) is 5.94. The lowest BCUT2D eigenvalue weighted by atomic mass is 10.2. The molecule has 2 heterocycles. The van der Waals surface area contributed by atoms with Crippen LogP contribution < -0.4 is 5.32 Å². The van der Waals surface area contributed by atoms with Gasteiger partial charge in [0.05, 0.1) is 5.69 Å². The summed E-state index contributed by atoms with van der Waals surface area (Å²) < 4.78 is 43.5. The molecule has 1 aliphatic rings. The molecular weight excluding hydrogens is 323 g/mol. The molecule has 0 saturated carbocycles. The van der Waals surface area contributed by atoms with E-state index in [-0.39, 0.29) is 0 Å². The topological polar surface area (TPSA) is 56.9 Å². The van der Waals surface area contributed by atoms with Crippen LogP contribution >= 0.6 is 0 Å². The number of nitrogens with zero attached hydrogens (tertiary/aromatic N) is 4. The molecule has 1 fully saturated rings. The average Bonchev–Trinajstić information content (AvgIpc) is 2.86. The van der Waals surface area contributed by atoms with Crippen molar-refractivity contribution in [2.45, 2.75) is 39.5 Å². The van der Waals surface area contributed by atoms with Crippen molar-refractivity contribution in [2.75, 3.05) is 33.2 Å². The fourth-order valence-corrected chi connectivity index (χ4v) is 2.78. The zero-order valence-electron chi connectivity index (χ0n) is 14.4. The number of nitrogens with one attached hydrogen (secondary N) is 1. The van der Waals surface area contributed by atoms with Crippen LogP contribution in [0.5, 0.6) is 0 Å². The maximum absolute atomic E-state index is 12.8. The van der Waals surface area contributed by atoms with E-state index in [9.17, 15) is 13.2 Å². The van der Waals surface area contributed by atoms with Crippen LogP contribution in [-0.4, -0.2) is 66.4 Å². The fourth-order valence-electron chi connectivity index (χ4n) is 2.78. The van der Waals surface area contributed by atoms with Gasteiger partial charge in [0, 0.05) is 45.3 Å². The lowest BCUT2D eigenvalue weighted by molar-refractivity contribution is -0.181. The minimum Gasteiger partial charge on any atom is -0.361 e. The van der Waals surface area contributed by atoms with Gasteiger partial charge in [-0.05, 0) is 20.8 Å². The highest BCUT2D eigenvalue weighted by molar-refractivity contribution is 5.80. The van der Waals surface area contributed by atoms with Gasteiger partial charge in [0.1, 0.15) is 11.8 Å². The van der Waals surface area contributed by atoms with Gasteiger partial charge < -0.3 is 14.7 Å². The van der Waals surface area contributed by atoms with E-state index in [0.717, 1.165) is 17.0 Å². The smallest absolute Gasteiger partial charge is 0.361 e. The quantitative estimate of drug-likeness (QED) is 0.669. The predicted octanol–water partition coefficient (Wildman–Crippen LogP) is 1.94. The normalized spacial score (nSPS) is 18.8. The summed E-state index contributed by atoms with van der Waals surface area (Å²) in [5, 5.41) is 7.14. The molecule has 0 radical (unpaired) electrons. The van der Waals surface area contributed by atoms with Crippen LogP contribution in [0.4, 0.5) is 13.2 Å². The van der Waals surface area contributed by atoms with Crippen LogP contribution in [-0.2, 0) is 6.54 Å². The first-order valence-electron chi connectivity index (χ1n) is 7.92. The largest absolute Gasteiger partial charge is 0.403 e. The second kappa shape index (κ2) is 7.42. The van der Waals surface area contributed by atoms with Gasteiger partial charge in [-0.15, -0.1) is 0 Å². The molecule has 1 aromatic rings. The first kappa shape index (κ1) is 18.6. The molecule has 1 N–H and O–H groups in total. The number of guanidine groups is 1. The molecule has 1 unspecified atom stereocenters. The third kappa shape index (κ3) is 4.19. The van der Waals surface area contributed by atoms with Gasteiger partial charge in [-0.2, -0.15) is 13.2 Å². The molecule has 9 heteroatoms. The molecule has 0 spiro atoms. The highest BCUT2D eigenvalue weighted by Crippen LogP contribution is 2.25. The van der Waals surface area contributed by atoms with Crippen molar-refractivity contribution in [3.8, 4) is 0 Å². The molecular formula is C15H24F3N5O. The number of piperazine rings is 1. The molecule has 1 aliphatic heterocycles. The van der Waals surface area contributed by atoms with Crippen LogP contribution in [0.25, 0.3) is 0 Å². The highest BCUT2D eigenvalue weighted by Gasteiger charge is 2.41. The average molecular weight is 347 g/mol. The molecule has 6 nitrogen and oxygen atoms in total. The van der Waals surface area contributed by atoms with Crippen molar-refractivity contribution in [3.05, 3.63) is 17.0 Å². The fraction of sp³-hybridized carbons (Fsp3) is 0.733. The number of rotatable bonds is 3. The molecule has 136 valence electrons. The summed E-state index contributed by atoms with van der Waals surface area (Å²) in [6.07, 6.45) is -4.19. The van der Waals surface area contributed by atoms with Gasteiger partial charge in [-0.1, -0.05) is 5.16 Å². The summed E-state index contributed by atoms with van der Waals surface area (Å²) in [7, 11) is 1.67. The molecule has 24 heavy (non-hydrogen) atoms. The number of aryl methyl sites for hydroxylation is 2. The Bertz CT molecular complexity index is 557. The Balaban J connectivity index is 1.90. The van der Waals surface area contributed by atoms with Crippen molar-refractivity contribution in [2.24, 2.45) is 4.99 Å². The Morgan fingerprint density at radius 2 is 1.92 bits per heavy atom. The van der Waals surface area contributed by atoms with Crippen LogP contribution in [0.3, 0.4) is 0 Å². The van der Waals surface area contributed by atoms with E-state index in [2.05, 4.69) is 15.5 Å². The Kier molecular flexibility index (Phi) is 5.74. The van der Waals surface area contributed by atoms with E-state index < -0.39 is 12.2 Å². The number of hydrogen-bond acceptors (Lipinski definition) is 4. The van der Waals surface area contributed by atoms with Crippen molar-refractivity contribution < 1.29 is 17.7 Å². The molecule has 0 amide bonds. The highest BCUT2D eigenvalue weighted by atomic mass is 19.4. The van der Waals surface area contributed by atoms with Gasteiger partial charge in [0.15, 0.2) is 5.96 Å². The van der Waals surface area contributed by atoms with Crippen molar-refractivity contribution in [1.82, 2.24) is 20.3 Å². The number of hydrogen-bond donors (Lipinski definition) is 1. The van der Waals surface area contributed by atoms with Gasteiger partial charge in [0.25, 0.3) is 0 Å². The van der Waals surface area contributed by atoms with E-state index >= 15 is 0 Å². The maximum Gasteiger partial charge on any atom is 0.403 e. The lowest BCUT2D eigenvalue weighted by Crippen LogP contribution is -2.56. The van der Waals surface area contributed by atoms with Crippen LogP contribution in [0.1, 0.15) is 23.9 Å². The van der Waals surface area contributed by atoms with Crippen molar-refractivity contribution in [1.29, 1.82) is 0 Å². The molecule has 2 rings (SSSR count). The van der Waals surface area contributed by atoms with E-state index in [1.807, 2.05) is 18.7 Å². The van der Waals surface area contributed by atoms with E-state index in [1.165, 1.54) is 11.8 Å². The summed E-state index contributed by atoms with van der Waals surface area (Å²) in [4.78, 5) is 7.66. The Hall–Kier alpha value is -1.77. The summed E-state index contributed by atoms with van der Waals surface area (Å²) >= 11 is 0. The summed E-state index contributed by atoms with van der Waals surface area (Å²) in [6.45, 7) is 7.15. The zero-order chi connectivity index (χ0) is 17.9. The van der Waals surface area contributed by atoms with Crippen molar-refractivity contribution >= 4 is 5.96 Å². The molecule has 0 aromatic carbocycles. The molecule has 0 bridgehead atoms. The minimum absolute atomic E-state index is 0.354. The van der Waals surface area contributed by atoms with Gasteiger partial charge >= 0.3 is 6.18 Å². The summed E-state index contributed by atoms with van der Waals surface area (Å²) in [5.41, 5.74) is 1.79. The number of aliphatic imine (C=N–C) groups is 1. The first-order chi connectivity index (χ1) is 11.2. The zero-order valence-corrected chi connectivity index (χ0v) is 14.4. The molecule has 0 aliphatic carbocycles. The van der Waals surface area contributed by atoms with E-state index in [1.54, 1.807) is 7.05 Å². The Morgan fingerprint density at radius 3 is 2.38 bits per heavy atom. The molecule has 1 atom stereocenters. The van der Waals surface area contributed by atoms with Gasteiger partial charge in [-0.25, -0.2) is 0 Å². The molecule has 1 saturated heterocycles. The van der Waals surface area contributed by atoms with E-state index in [4.69, 9.17) is 4.52 Å². The second-order valence-electron chi connectivity index (χ2n) is 5.94. The SMILES string of the molecule is CN=C(NCc1c(C)noc1C)N1CCN(C(C)C(F)(F)F)CC1. The van der Waals surface area contributed by atoms with Crippen LogP contribution in [0.2, 0.25) is 0 Å². The monoisotopic (exact) mass is 347 g/mol. The molecule has 1 aromatic heterocycles. The lowest BCUT2D eigenvalue weighted by Gasteiger charge is -2.39. The van der Waals surface area contributed by atoms with Gasteiger partial charge in [0.2, 0.25) is 0 Å². The summed E-state index contributed by atoms with van der Waals surface area (Å²) in [5.74, 6) is 1.42. The number of alkyl halides is 3. The minimum atomic E-state index is -4.19. The van der Waals surface area contributed by atoms with E-state index in [0.29, 0.717) is 38.7 Å². The van der Waals surface area contributed by atoms with Crippen LogP contribution in [0, 0.1) is 13.8 Å². The standard InChI is InChI=1S/C15H24F3N5O/c1-10-13(11(2)24-21-10)9-20-14(19-4)23-7-5-22(6-8-23)12(3)15(16,17)18/h12H,5-9H2,1-4H3,(H,19,20). The van der Waals surface area contributed by atoms with Crippen LogP contribution in [0.15, 0.2) is 9.52 Å². The van der Waals surface area contributed by atoms with Crippen molar-refractivity contribution in [3.63, 3.8) is 0 Å².